The molecule has 1 aromatic carbocycles. The Hall–Kier alpha value is -2.02. The molecule has 0 fully saturated rings. The van der Waals surface area contributed by atoms with Gasteiger partial charge in [0.2, 0.25) is 0 Å². The fourth-order valence-corrected chi connectivity index (χ4v) is 2.19. The standard InChI is InChI=1S/C16H22N2O2/c1-3-13(5-7-16(19)20)8-9-18-15-10-12(2)4-6-14(15)11-17/h4,6,10,13,18H,3,5,7-9H2,1-2H3,(H,19,20). The number of anilines is 1. The first kappa shape index (κ1) is 16.0. The van der Waals surface area contributed by atoms with Crippen molar-refractivity contribution >= 4 is 11.7 Å². The van der Waals surface area contributed by atoms with Crippen molar-refractivity contribution in [3.63, 3.8) is 0 Å². The van der Waals surface area contributed by atoms with Crippen LogP contribution in [0.3, 0.4) is 0 Å². The summed E-state index contributed by atoms with van der Waals surface area (Å²) in [6, 6.07) is 7.88. The summed E-state index contributed by atoms with van der Waals surface area (Å²) in [7, 11) is 0. The van der Waals surface area contributed by atoms with Gasteiger partial charge in [0.05, 0.1) is 11.3 Å². The molecular formula is C16H22N2O2. The van der Waals surface area contributed by atoms with Gasteiger partial charge in [0.25, 0.3) is 0 Å². The smallest absolute Gasteiger partial charge is 0.303 e. The molecule has 0 heterocycles. The van der Waals surface area contributed by atoms with Crippen LogP contribution in [0.4, 0.5) is 5.69 Å². The lowest BCUT2D eigenvalue weighted by molar-refractivity contribution is -0.137. The number of hydrogen-bond donors (Lipinski definition) is 2. The van der Waals surface area contributed by atoms with Gasteiger partial charge in [-0.3, -0.25) is 4.79 Å². The van der Waals surface area contributed by atoms with Gasteiger partial charge in [-0.15, -0.1) is 0 Å². The maximum absolute atomic E-state index is 10.6. The molecule has 20 heavy (non-hydrogen) atoms. The van der Waals surface area contributed by atoms with Gasteiger partial charge in [-0.25, -0.2) is 0 Å². The molecule has 108 valence electrons. The average molecular weight is 274 g/mol. The topological polar surface area (TPSA) is 73.1 Å². The number of benzene rings is 1. The molecule has 4 nitrogen and oxygen atoms in total. The highest BCUT2D eigenvalue weighted by molar-refractivity contribution is 5.66. The normalized spacial score (nSPS) is 11.7. The second-order valence-corrected chi connectivity index (χ2v) is 5.08. The molecule has 0 saturated heterocycles. The van der Waals surface area contributed by atoms with E-state index in [0.717, 1.165) is 30.6 Å². The summed E-state index contributed by atoms with van der Waals surface area (Å²) in [6.07, 6.45) is 2.84. The van der Waals surface area contributed by atoms with Gasteiger partial charge in [-0.05, 0) is 43.4 Å². The number of rotatable bonds is 8. The molecule has 1 atom stereocenters. The first-order valence-corrected chi connectivity index (χ1v) is 7.03. The molecule has 0 amide bonds. The van der Waals surface area contributed by atoms with Crippen molar-refractivity contribution in [2.45, 2.75) is 39.5 Å². The van der Waals surface area contributed by atoms with Crippen LogP contribution in [0, 0.1) is 24.2 Å². The predicted octanol–water partition coefficient (Wildman–Crippen LogP) is 3.56. The third kappa shape index (κ3) is 5.31. The lowest BCUT2D eigenvalue weighted by Gasteiger charge is -2.15. The van der Waals surface area contributed by atoms with E-state index in [1.165, 1.54) is 0 Å². The summed E-state index contributed by atoms with van der Waals surface area (Å²) >= 11 is 0. The monoisotopic (exact) mass is 274 g/mol. The Morgan fingerprint density at radius 3 is 2.80 bits per heavy atom. The number of nitrogens with one attached hydrogen (secondary N) is 1. The number of nitriles is 1. The van der Waals surface area contributed by atoms with E-state index >= 15 is 0 Å². The highest BCUT2D eigenvalue weighted by Crippen LogP contribution is 2.19. The lowest BCUT2D eigenvalue weighted by atomic mass is 9.96. The SMILES string of the molecule is CCC(CCNc1cc(C)ccc1C#N)CCC(=O)O. The average Bonchev–Trinajstić information content (AvgIpc) is 2.42. The minimum Gasteiger partial charge on any atom is -0.481 e. The molecule has 0 aliphatic rings. The third-order valence-corrected chi connectivity index (χ3v) is 3.51. The zero-order valence-corrected chi connectivity index (χ0v) is 12.1. The molecule has 0 aliphatic heterocycles. The van der Waals surface area contributed by atoms with Crippen molar-refractivity contribution in [3.05, 3.63) is 29.3 Å². The van der Waals surface area contributed by atoms with Gasteiger partial charge in [-0.1, -0.05) is 19.4 Å². The molecule has 1 rings (SSSR count). The van der Waals surface area contributed by atoms with Crippen LogP contribution in [0.5, 0.6) is 0 Å². The highest BCUT2D eigenvalue weighted by atomic mass is 16.4. The van der Waals surface area contributed by atoms with E-state index in [1.807, 2.05) is 25.1 Å². The van der Waals surface area contributed by atoms with Crippen molar-refractivity contribution in [2.24, 2.45) is 5.92 Å². The molecule has 0 saturated carbocycles. The number of aliphatic carboxylic acids is 1. The number of carboxylic acid groups (broad SMARTS) is 1. The summed E-state index contributed by atoms with van der Waals surface area (Å²) in [5, 5.41) is 21.1. The fourth-order valence-electron chi connectivity index (χ4n) is 2.19. The van der Waals surface area contributed by atoms with Crippen LogP contribution in [0.1, 0.15) is 43.7 Å². The van der Waals surface area contributed by atoms with Crippen LogP contribution in [0.15, 0.2) is 18.2 Å². The van der Waals surface area contributed by atoms with E-state index < -0.39 is 5.97 Å². The first-order valence-electron chi connectivity index (χ1n) is 7.03. The molecule has 0 radical (unpaired) electrons. The molecule has 0 spiro atoms. The van der Waals surface area contributed by atoms with Crippen molar-refractivity contribution < 1.29 is 9.90 Å². The second-order valence-electron chi connectivity index (χ2n) is 5.08. The zero-order valence-electron chi connectivity index (χ0n) is 12.1. The minimum absolute atomic E-state index is 0.229. The van der Waals surface area contributed by atoms with Crippen LogP contribution in [-0.4, -0.2) is 17.6 Å². The van der Waals surface area contributed by atoms with Crippen LogP contribution in [0.25, 0.3) is 0 Å². The third-order valence-electron chi connectivity index (χ3n) is 3.51. The molecule has 0 bridgehead atoms. The molecular weight excluding hydrogens is 252 g/mol. The molecule has 1 aromatic rings. The molecule has 2 N–H and O–H groups in total. The molecule has 0 aromatic heterocycles. The lowest BCUT2D eigenvalue weighted by Crippen LogP contribution is -2.11. The Balaban J connectivity index is 2.49. The van der Waals surface area contributed by atoms with E-state index in [9.17, 15) is 4.79 Å². The summed E-state index contributed by atoms with van der Waals surface area (Å²) in [4.78, 5) is 10.6. The van der Waals surface area contributed by atoms with Gasteiger partial charge in [0.15, 0.2) is 0 Å². The van der Waals surface area contributed by atoms with Crippen molar-refractivity contribution in [1.29, 1.82) is 5.26 Å². The van der Waals surface area contributed by atoms with E-state index in [2.05, 4.69) is 18.3 Å². The quantitative estimate of drug-likeness (QED) is 0.760. The van der Waals surface area contributed by atoms with Gasteiger partial charge in [-0.2, -0.15) is 5.26 Å². The van der Waals surface area contributed by atoms with E-state index in [-0.39, 0.29) is 6.42 Å². The zero-order chi connectivity index (χ0) is 15.0. The van der Waals surface area contributed by atoms with Crippen LogP contribution < -0.4 is 5.32 Å². The summed E-state index contributed by atoms with van der Waals surface area (Å²) < 4.78 is 0. The van der Waals surface area contributed by atoms with E-state index in [1.54, 1.807) is 0 Å². The van der Waals surface area contributed by atoms with Gasteiger partial charge in [0, 0.05) is 13.0 Å². The number of aryl methyl sites for hydroxylation is 1. The van der Waals surface area contributed by atoms with Crippen molar-refractivity contribution in [1.82, 2.24) is 0 Å². The van der Waals surface area contributed by atoms with Crippen LogP contribution >= 0.6 is 0 Å². The Labute approximate surface area is 120 Å². The second kappa shape index (κ2) is 8.21. The molecule has 4 heteroatoms. The highest BCUT2D eigenvalue weighted by Gasteiger charge is 2.09. The summed E-state index contributed by atoms with van der Waals surface area (Å²) in [6.45, 7) is 4.84. The number of hydrogen-bond acceptors (Lipinski definition) is 3. The van der Waals surface area contributed by atoms with Crippen molar-refractivity contribution in [3.8, 4) is 6.07 Å². The number of nitrogens with zero attached hydrogens (tertiary/aromatic N) is 1. The van der Waals surface area contributed by atoms with E-state index in [4.69, 9.17) is 10.4 Å². The summed E-state index contributed by atoms with van der Waals surface area (Å²) in [5.74, 6) is -0.323. The summed E-state index contributed by atoms with van der Waals surface area (Å²) in [5.41, 5.74) is 2.62. The fraction of sp³-hybridized carbons (Fsp3) is 0.500. The maximum atomic E-state index is 10.6. The predicted molar refractivity (Wildman–Crippen MR) is 79.7 cm³/mol. The minimum atomic E-state index is -0.734. The van der Waals surface area contributed by atoms with Gasteiger partial charge in [0.1, 0.15) is 6.07 Å². The number of carboxylic acids is 1. The number of carbonyl (C=O) groups is 1. The van der Waals surface area contributed by atoms with Crippen LogP contribution in [0.2, 0.25) is 0 Å². The largest absolute Gasteiger partial charge is 0.481 e. The van der Waals surface area contributed by atoms with E-state index in [0.29, 0.717) is 17.9 Å². The van der Waals surface area contributed by atoms with Gasteiger partial charge < -0.3 is 10.4 Å². The van der Waals surface area contributed by atoms with Crippen LogP contribution in [-0.2, 0) is 4.79 Å². The Morgan fingerprint density at radius 1 is 1.45 bits per heavy atom. The Morgan fingerprint density at radius 2 is 2.20 bits per heavy atom. The van der Waals surface area contributed by atoms with Gasteiger partial charge >= 0.3 is 5.97 Å². The maximum Gasteiger partial charge on any atom is 0.303 e. The van der Waals surface area contributed by atoms with Crippen molar-refractivity contribution in [2.75, 3.05) is 11.9 Å². The Bertz CT molecular complexity index is 492. The molecule has 1 unspecified atom stereocenters. The first-order chi connectivity index (χ1) is 9.56. The Kier molecular flexibility index (Phi) is 6.58. The molecule has 0 aliphatic carbocycles.